The molecule has 0 atom stereocenters. The number of nitrogens with two attached hydrogens (primary N) is 1. The second-order valence-electron chi connectivity index (χ2n) is 7.21. The van der Waals surface area contributed by atoms with Crippen LogP contribution in [-0.2, 0) is 16.0 Å². The lowest BCUT2D eigenvalue weighted by molar-refractivity contribution is -0.117. The number of likely N-dealkylation sites (tertiary alicyclic amines) is 1. The van der Waals surface area contributed by atoms with Crippen molar-refractivity contribution in [2.75, 3.05) is 30.7 Å². The topological polar surface area (TPSA) is 75.4 Å². The van der Waals surface area contributed by atoms with Gasteiger partial charge in [-0.15, -0.1) is 11.8 Å². The number of rotatable bonds is 8. The van der Waals surface area contributed by atoms with Gasteiger partial charge in [0.15, 0.2) is 0 Å². The van der Waals surface area contributed by atoms with Crippen LogP contribution in [0.4, 0.5) is 5.69 Å². The summed E-state index contributed by atoms with van der Waals surface area (Å²) in [5.41, 5.74) is 7.35. The van der Waals surface area contributed by atoms with E-state index in [1.165, 1.54) is 17.3 Å². The number of thioether (sulfide) groups is 1. The van der Waals surface area contributed by atoms with Crippen LogP contribution in [0.1, 0.15) is 18.4 Å². The smallest absolute Gasteiger partial charge is 0.238 e. The van der Waals surface area contributed by atoms with E-state index in [4.69, 9.17) is 5.73 Å². The van der Waals surface area contributed by atoms with E-state index in [0.717, 1.165) is 42.9 Å². The third-order valence-electron chi connectivity index (χ3n) is 4.97. The summed E-state index contributed by atoms with van der Waals surface area (Å²) >= 11 is 1.34. The number of nitrogens with one attached hydrogen (secondary N) is 1. The minimum absolute atomic E-state index is 0.0198. The number of para-hydroxylation sites is 1. The minimum Gasteiger partial charge on any atom is -0.369 e. The van der Waals surface area contributed by atoms with Gasteiger partial charge in [-0.3, -0.25) is 14.5 Å². The lowest BCUT2D eigenvalue weighted by atomic mass is 9.90. The largest absolute Gasteiger partial charge is 0.369 e. The van der Waals surface area contributed by atoms with Crippen LogP contribution in [0, 0.1) is 5.92 Å². The molecular weight excluding hydrogens is 370 g/mol. The average Bonchev–Trinajstić information content (AvgIpc) is 2.69. The average molecular weight is 398 g/mol. The molecule has 5 nitrogen and oxygen atoms in total. The molecule has 0 unspecified atom stereocenters. The number of hydrogen-bond donors (Lipinski definition) is 2. The number of anilines is 1. The Morgan fingerprint density at radius 3 is 2.43 bits per heavy atom. The van der Waals surface area contributed by atoms with Gasteiger partial charge in [-0.25, -0.2) is 0 Å². The van der Waals surface area contributed by atoms with Crippen molar-refractivity contribution in [1.29, 1.82) is 0 Å². The van der Waals surface area contributed by atoms with Crippen molar-refractivity contribution in [2.24, 2.45) is 11.7 Å². The molecule has 6 heteroatoms. The highest BCUT2D eigenvalue weighted by Crippen LogP contribution is 2.27. The summed E-state index contributed by atoms with van der Waals surface area (Å²) in [6, 6.07) is 18.1. The van der Waals surface area contributed by atoms with Gasteiger partial charge in [0.2, 0.25) is 11.8 Å². The summed E-state index contributed by atoms with van der Waals surface area (Å²) in [5, 5.41) is 2.98. The molecule has 148 valence electrons. The lowest BCUT2D eigenvalue weighted by Crippen LogP contribution is -2.39. The monoisotopic (exact) mass is 397 g/mol. The van der Waals surface area contributed by atoms with E-state index in [9.17, 15) is 9.59 Å². The van der Waals surface area contributed by atoms with Gasteiger partial charge in [0.1, 0.15) is 0 Å². The minimum atomic E-state index is -0.371. The van der Waals surface area contributed by atoms with Crippen LogP contribution in [0.5, 0.6) is 0 Å². The Morgan fingerprint density at radius 2 is 1.71 bits per heavy atom. The van der Waals surface area contributed by atoms with E-state index >= 15 is 0 Å². The standard InChI is InChI=1S/C22H27N3O2S/c23-21(26)16-28-20-9-5-4-8-19(20)24-22(27)15-25-12-10-18(11-13-25)14-17-6-2-1-3-7-17/h1-9,18H,10-16H2,(H2,23,26)(H,24,27). The summed E-state index contributed by atoms with van der Waals surface area (Å²) in [6.45, 7) is 2.29. The molecule has 0 aliphatic carbocycles. The number of piperidine rings is 1. The Bertz CT molecular complexity index is 789. The summed E-state index contributed by atoms with van der Waals surface area (Å²) in [6.07, 6.45) is 3.35. The van der Waals surface area contributed by atoms with E-state index in [-0.39, 0.29) is 17.6 Å². The number of hydrogen-bond acceptors (Lipinski definition) is 4. The molecule has 1 saturated heterocycles. The highest BCUT2D eigenvalue weighted by Gasteiger charge is 2.21. The number of amides is 2. The van der Waals surface area contributed by atoms with E-state index in [1.807, 2.05) is 24.3 Å². The molecule has 1 heterocycles. The number of primary amides is 1. The molecule has 28 heavy (non-hydrogen) atoms. The zero-order valence-corrected chi connectivity index (χ0v) is 16.8. The first-order chi connectivity index (χ1) is 13.6. The molecule has 0 radical (unpaired) electrons. The van der Waals surface area contributed by atoms with Crippen LogP contribution < -0.4 is 11.1 Å². The van der Waals surface area contributed by atoms with Gasteiger partial charge in [0.25, 0.3) is 0 Å². The molecular formula is C22H27N3O2S. The summed E-state index contributed by atoms with van der Waals surface area (Å²) < 4.78 is 0. The molecule has 1 fully saturated rings. The Hall–Kier alpha value is -2.31. The third kappa shape index (κ3) is 6.39. The first-order valence-electron chi connectivity index (χ1n) is 9.66. The molecule has 0 spiro atoms. The summed E-state index contributed by atoms with van der Waals surface area (Å²) in [4.78, 5) is 26.6. The van der Waals surface area contributed by atoms with Gasteiger partial charge >= 0.3 is 0 Å². The Kier molecular flexibility index (Phi) is 7.51. The maximum atomic E-state index is 12.5. The van der Waals surface area contributed by atoms with Crippen molar-refractivity contribution in [2.45, 2.75) is 24.2 Å². The third-order valence-corrected chi connectivity index (χ3v) is 6.07. The molecule has 0 bridgehead atoms. The zero-order valence-electron chi connectivity index (χ0n) is 16.0. The van der Waals surface area contributed by atoms with Gasteiger partial charge in [-0.1, -0.05) is 42.5 Å². The second-order valence-corrected chi connectivity index (χ2v) is 8.23. The van der Waals surface area contributed by atoms with Gasteiger partial charge in [-0.05, 0) is 56.0 Å². The van der Waals surface area contributed by atoms with Crippen molar-refractivity contribution in [3.05, 3.63) is 60.2 Å². The molecule has 0 aromatic heterocycles. The summed E-state index contributed by atoms with van der Waals surface area (Å²) in [7, 11) is 0. The Balaban J connectivity index is 1.45. The van der Waals surface area contributed by atoms with Crippen LogP contribution in [0.3, 0.4) is 0 Å². The maximum absolute atomic E-state index is 12.5. The van der Waals surface area contributed by atoms with Crippen molar-refractivity contribution in [3.63, 3.8) is 0 Å². The van der Waals surface area contributed by atoms with Gasteiger partial charge < -0.3 is 11.1 Å². The number of nitrogens with zero attached hydrogens (tertiary/aromatic N) is 1. The van der Waals surface area contributed by atoms with Crippen molar-refractivity contribution < 1.29 is 9.59 Å². The molecule has 2 aromatic carbocycles. The van der Waals surface area contributed by atoms with Crippen LogP contribution >= 0.6 is 11.8 Å². The molecule has 3 rings (SSSR count). The highest BCUT2D eigenvalue weighted by atomic mass is 32.2. The number of benzene rings is 2. The fraction of sp³-hybridized carbons (Fsp3) is 0.364. The maximum Gasteiger partial charge on any atom is 0.238 e. The van der Waals surface area contributed by atoms with E-state index < -0.39 is 0 Å². The Morgan fingerprint density at radius 1 is 1.04 bits per heavy atom. The van der Waals surface area contributed by atoms with Gasteiger partial charge in [0.05, 0.1) is 18.0 Å². The predicted molar refractivity (Wildman–Crippen MR) is 114 cm³/mol. The Labute approximate surface area is 170 Å². The van der Waals surface area contributed by atoms with E-state index in [0.29, 0.717) is 12.5 Å². The highest BCUT2D eigenvalue weighted by molar-refractivity contribution is 8.00. The zero-order chi connectivity index (χ0) is 19.8. The number of carbonyl (C=O) groups is 2. The van der Waals surface area contributed by atoms with Crippen molar-refractivity contribution >= 4 is 29.3 Å². The SMILES string of the molecule is NC(=O)CSc1ccccc1NC(=O)CN1CCC(Cc2ccccc2)CC1. The second kappa shape index (κ2) is 10.3. The van der Waals surface area contributed by atoms with Crippen LogP contribution in [-0.4, -0.2) is 42.1 Å². The van der Waals surface area contributed by atoms with Gasteiger partial charge in [0, 0.05) is 4.90 Å². The first kappa shape index (κ1) is 20.4. The predicted octanol–water partition coefficient (Wildman–Crippen LogP) is 3.16. The van der Waals surface area contributed by atoms with E-state index in [1.54, 1.807) is 0 Å². The van der Waals surface area contributed by atoms with Crippen molar-refractivity contribution in [1.82, 2.24) is 4.90 Å². The van der Waals surface area contributed by atoms with Crippen LogP contribution in [0.25, 0.3) is 0 Å². The molecule has 1 aliphatic heterocycles. The molecule has 3 N–H and O–H groups in total. The van der Waals surface area contributed by atoms with E-state index in [2.05, 4.69) is 40.5 Å². The molecule has 2 amide bonds. The summed E-state index contributed by atoms with van der Waals surface area (Å²) in [5.74, 6) is 0.493. The van der Waals surface area contributed by atoms with Crippen LogP contribution in [0.15, 0.2) is 59.5 Å². The van der Waals surface area contributed by atoms with Crippen molar-refractivity contribution in [3.8, 4) is 0 Å². The first-order valence-corrected chi connectivity index (χ1v) is 10.6. The van der Waals surface area contributed by atoms with Crippen LogP contribution in [0.2, 0.25) is 0 Å². The molecule has 1 aliphatic rings. The fourth-order valence-corrected chi connectivity index (χ4v) is 4.28. The lowest BCUT2D eigenvalue weighted by Gasteiger charge is -2.31. The molecule has 0 saturated carbocycles. The quantitative estimate of drug-likeness (QED) is 0.671. The molecule has 2 aromatic rings. The number of carbonyl (C=O) groups excluding carboxylic acids is 2. The fourth-order valence-electron chi connectivity index (χ4n) is 3.53. The normalized spacial score (nSPS) is 15.3. The van der Waals surface area contributed by atoms with Gasteiger partial charge in [-0.2, -0.15) is 0 Å².